The van der Waals surface area contributed by atoms with Gasteiger partial charge in [0.1, 0.15) is 0 Å². The maximum atomic E-state index is 11.6. The lowest BCUT2D eigenvalue weighted by atomic mass is 10.1. The van der Waals surface area contributed by atoms with Crippen LogP contribution >= 0.6 is 0 Å². The molecule has 2 aliphatic heterocycles. The highest BCUT2D eigenvalue weighted by molar-refractivity contribution is 7.91. The predicted molar refractivity (Wildman–Crippen MR) is 77.1 cm³/mol. The van der Waals surface area contributed by atoms with Crippen molar-refractivity contribution in [1.82, 2.24) is 0 Å². The van der Waals surface area contributed by atoms with Gasteiger partial charge in [-0.3, -0.25) is 0 Å². The van der Waals surface area contributed by atoms with E-state index < -0.39 is 15.6 Å². The minimum absolute atomic E-state index is 0.0258. The third-order valence-electron chi connectivity index (χ3n) is 3.49. The Morgan fingerprint density at radius 1 is 1.25 bits per heavy atom. The van der Waals surface area contributed by atoms with Crippen molar-refractivity contribution in [2.45, 2.75) is 38.5 Å². The van der Waals surface area contributed by atoms with Gasteiger partial charge < -0.3 is 14.8 Å². The second-order valence-corrected chi connectivity index (χ2v) is 8.09. The van der Waals surface area contributed by atoms with Crippen LogP contribution in [0.1, 0.15) is 26.7 Å². The molecule has 2 aliphatic rings. The molecule has 0 aromatic heterocycles. The van der Waals surface area contributed by atoms with Crippen LogP contribution < -0.4 is 14.8 Å². The first-order chi connectivity index (χ1) is 9.33. The van der Waals surface area contributed by atoms with E-state index in [1.807, 2.05) is 32.0 Å². The molecule has 2 heterocycles. The van der Waals surface area contributed by atoms with Gasteiger partial charge in [0, 0.05) is 31.6 Å². The van der Waals surface area contributed by atoms with Gasteiger partial charge in [0.2, 0.25) is 5.79 Å². The Morgan fingerprint density at radius 2 is 2.00 bits per heavy atom. The highest BCUT2D eigenvalue weighted by Crippen LogP contribution is 2.40. The molecule has 0 amide bonds. The van der Waals surface area contributed by atoms with Crippen LogP contribution in [0, 0.1) is 0 Å². The monoisotopic (exact) mass is 297 g/mol. The lowest BCUT2D eigenvalue weighted by Gasteiger charge is -2.24. The summed E-state index contributed by atoms with van der Waals surface area (Å²) in [5.41, 5.74) is 0.868. The number of nitrogens with one attached hydrogen (secondary N) is 1. The van der Waals surface area contributed by atoms with Gasteiger partial charge in [-0.05, 0) is 25.0 Å². The molecule has 1 aromatic carbocycles. The van der Waals surface area contributed by atoms with Gasteiger partial charge >= 0.3 is 0 Å². The minimum Gasteiger partial charge on any atom is -0.449 e. The molecule has 20 heavy (non-hydrogen) atoms. The van der Waals surface area contributed by atoms with Crippen LogP contribution in [0.5, 0.6) is 11.5 Å². The number of benzene rings is 1. The fourth-order valence-corrected chi connectivity index (χ4v) is 4.32. The molecule has 1 unspecified atom stereocenters. The van der Waals surface area contributed by atoms with Gasteiger partial charge in [-0.15, -0.1) is 0 Å². The quantitative estimate of drug-likeness (QED) is 0.906. The van der Waals surface area contributed by atoms with Crippen LogP contribution in [-0.2, 0) is 9.84 Å². The van der Waals surface area contributed by atoms with E-state index in [9.17, 15) is 8.42 Å². The molecule has 0 saturated carbocycles. The van der Waals surface area contributed by atoms with E-state index in [0.29, 0.717) is 11.5 Å². The summed E-state index contributed by atoms with van der Waals surface area (Å²) >= 11 is 0. The summed E-state index contributed by atoms with van der Waals surface area (Å²) in [6.45, 7) is 3.71. The summed E-state index contributed by atoms with van der Waals surface area (Å²) in [4.78, 5) is 0. The average Bonchev–Trinajstić information content (AvgIpc) is 2.61. The highest BCUT2D eigenvalue weighted by Gasteiger charge is 2.32. The molecule has 0 aliphatic carbocycles. The zero-order chi connectivity index (χ0) is 14.4. The van der Waals surface area contributed by atoms with Crippen molar-refractivity contribution >= 4 is 15.5 Å². The Kier molecular flexibility index (Phi) is 3.08. The number of sulfone groups is 1. The standard InChI is InChI=1S/C14H19NO4S/c1-14(2)18-12-6-5-10(8-13(12)19-14)15-11-4-3-7-20(16,17)9-11/h5-6,8,11,15H,3-4,7,9H2,1-2H3. The van der Waals surface area contributed by atoms with E-state index in [2.05, 4.69) is 5.32 Å². The molecule has 0 bridgehead atoms. The van der Waals surface area contributed by atoms with E-state index in [4.69, 9.17) is 9.47 Å². The first-order valence-electron chi connectivity index (χ1n) is 6.82. The first-order valence-corrected chi connectivity index (χ1v) is 8.64. The van der Waals surface area contributed by atoms with E-state index in [1.54, 1.807) is 0 Å². The van der Waals surface area contributed by atoms with Crippen LogP contribution in [-0.4, -0.2) is 31.8 Å². The van der Waals surface area contributed by atoms with Crippen molar-refractivity contribution < 1.29 is 17.9 Å². The second kappa shape index (κ2) is 4.55. The topological polar surface area (TPSA) is 64.6 Å². The summed E-state index contributed by atoms with van der Waals surface area (Å²) in [6, 6.07) is 5.59. The first kappa shape index (κ1) is 13.5. The molecule has 3 rings (SSSR count). The molecule has 0 radical (unpaired) electrons. The summed E-state index contributed by atoms with van der Waals surface area (Å²) < 4.78 is 34.6. The van der Waals surface area contributed by atoms with Crippen molar-refractivity contribution in [1.29, 1.82) is 0 Å². The molecule has 5 nitrogen and oxygen atoms in total. The predicted octanol–water partition coefficient (Wildman–Crippen LogP) is 2.18. The van der Waals surface area contributed by atoms with Crippen LogP contribution in [0.3, 0.4) is 0 Å². The molecule has 6 heteroatoms. The summed E-state index contributed by atoms with van der Waals surface area (Å²) in [5, 5.41) is 3.28. The number of rotatable bonds is 2. The van der Waals surface area contributed by atoms with E-state index in [-0.39, 0.29) is 11.8 Å². The summed E-state index contributed by atoms with van der Waals surface area (Å²) in [7, 11) is -2.90. The van der Waals surface area contributed by atoms with Crippen LogP contribution in [0.4, 0.5) is 5.69 Å². The maximum absolute atomic E-state index is 11.6. The van der Waals surface area contributed by atoms with E-state index in [0.717, 1.165) is 24.3 Å². The van der Waals surface area contributed by atoms with Gasteiger partial charge in [0.05, 0.1) is 11.5 Å². The maximum Gasteiger partial charge on any atom is 0.246 e. The number of anilines is 1. The van der Waals surface area contributed by atoms with Crippen LogP contribution in [0.15, 0.2) is 18.2 Å². The molecule has 110 valence electrons. The molecular weight excluding hydrogens is 278 g/mol. The minimum atomic E-state index is -2.90. The second-order valence-electron chi connectivity index (χ2n) is 5.86. The molecule has 1 aromatic rings. The highest BCUT2D eigenvalue weighted by atomic mass is 32.2. The van der Waals surface area contributed by atoms with Crippen LogP contribution in [0.2, 0.25) is 0 Å². The van der Waals surface area contributed by atoms with Crippen molar-refractivity contribution in [2.24, 2.45) is 0 Å². The Morgan fingerprint density at radius 3 is 2.75 bits per heavy atom. The largest absolute Gasteiger partial charge is 0.449 e. The van der Waals surface area contributed by atoms with E-state index in [1.165, 1.54) is 0 Å². The molecule has 1 N–H and O–H groups in total. The van der Waals surface area contributed by atoms with Crippen molar-refractivity contribution in [2.75, 3.05) is 16.8 Å². The third-order valence-corrected chi connectivity index (χ3v) is 5.31. The lowest BCUT2D eigenvalue weighted by Crippen LogP contribution is -2.34. The number of hydrogen-bond acceptors (Lipinski definition) is 5. The van der Waals surface area contributed by atoms with E-state index >= 15 is 0 Å². The molecule has 1 saturated heterocycles. The van der Waals surface area contributed by atoms with Gasteiger partial charge in [0.15, 0.2) is 21.3 Å². The number of ether oxygens (including phenoxy) is 2. The number of hydrogen-bond donors (Lipinski definition) is 1. The average molecular weight is 297 g/mol. The summed E-state index contributed by atoms with van der Waals surface area (Å²) in [6.07, 6.45) is 1.59. The zero-order valence-corrected chi connectivity index (χ0v) is 12.5. The summed E-state index contributed by atoms with van der Waals surface area (Å²) in [5.74, 6) is 1.28. The molecule has 0 spiro atoms. The van der Waals surface area contributed by atoms with Crippen molar-refractivity contribution in [3.63, 3.8) is 0 Å². The Bertz CT molecular complexity index is 624. The smallest absolute Gasteiger partial charge is 0.246 e. The van der Waals surface area contributed by atoms with Crippen molar-refractivity contribution in [3.05, 3.63) is 18.2 Å². The van der Waals surface area contributed by atoms with Crippen molar-refractivity contribution in [3.8, 4) is 11.5 Å². The SMILES string of the molecule is CC1(C)Oc2ccc(NC3CCCS(=O)(=O)C3)cc2O1. The fourth-order valence-electron chi connectivity index (χ4n) is 2.68. The van der Waals surface area contributed by atoms with Gasteiger partial charge in [0.25, 0.3) is 0 Å². The Balaban J connectivity index is 1.74. The Labute approximate surface area is 119 Å². The van der Waals surface area contributed by atoms with Gasteiger partial charge in [-0.25, -0.2) is 8.42 Å². The number of fused-ring (bicyclic) bond motifs is 1. The lowest BCUT2D eigenvalue weighted by molar-refractivity contribution is -0.0431. The van der Waals surface area contributed by atoms with Gasteiger partial charge in [-0.1, -0.05) is 0 Å². The molecule has 1 atom stereocenters. The molecule has 1 fully saturated rings. The van der Waals surface area contributed by atoms with Gasteiger partial charge in [-0.2, -0.15) is 0 Å². The Hall–Kier alpha value is -1.43. The normalized spacial score (nSPS) is 26.2. The third kappa shape index (κ3) is 2.85. The van der Waals surface area contributed by atoms with Crippen LogP contribution in [0.25, 0.3) is 0 Å². The molecular formula is C14H19NO4S. The zero-order valence-electron chi connectivity index (χ0n) is 11.7. The fraction of sp³-hybridized carbons (Fsp3) is 0.571.